The summed E-state index contributed by atoms with van der Waals surface area (Å²) in [6, 6.07) is 13.8. The van der Waals surface area contributed by atoms with E-state index in [1.807, 2.05) is 24.3 Å². The van der Waals surface area contributed by atoms with E-state index in [1.165, 1.54) is 6.07 Å². The molecule has 0 radical (unpaired) electrons. The number of aromatic nitrogens is 1. The highest BCUT2D eigenvalue weighted by atomic mass is 79.9. The fraction of sp³-hybridized carbons (Fsp3) is 0.200. The topological polar surface area (TPSA) is 52.3 Å². The van der Waals surface area contributed by atoms with E-state index in [0.717, 1.165) is 10.0 Å². The smallest absolute Gasteiger partial charge is 0.311 e. The monoisotopic (exact) mass is 417 g/mol. The average molecular weight is 418 g/mol. The Bertz CT molecular complexity index is 921. The first kappa shape index (κ1) is 18.3. The van der Waals surface area contributed by atoms with Gasteiger partial charge in [0.05, 0.1) is 12.1 Å². The molecule has 0 N–H and O–H groups in total. The van der Waals surface area contributed by atoms with Crippen LogP contribution in [-0.4, -0.2) is 11.1 Å². The van der Waals surface area contributed by atoms with E-state index >= 15 is 0 Å². The van der Waals surface area contributed by atoms with Crippen LogP contribution in [0.2, 0.25) is 0 Å². The van der Waals surface area contributed by atoms with Crippen LogP contribution in [0.25, 0.3) is 11.3 Å². The van der Waals surface area contributed by atoms with Crippen molar-refractivity contribution in [1.29, 1.82) is 0 Å². The van der Waals surface area contributed by atoms with Crippen LogP contribution in [0.15, 0.2) is 57.5 Å². The Balaban J connectivity index is 1.77. The van der Waals surface area contributed by atoms with Gasteiger partial charge in [0, 0.05) is 21.2 Å². The first-order valence-corrected chi connectivity index (χ1v) is 8.90. The van der Waals surface area contributed by atoms with E-state index in [-0.39, 0.29) is 6.42 Å². The standard InChI is InChI=1S/C20H17BrFNO3/c1-12-17(20(26-23-12)14-7-9-15(21)10-8-14)11-19(24)25-13(2)16-5-3-4-6-18(16)22/h3-10,13H,11H2,1-2H3. The lowest BCUT2D eigenvalue weighted by molar-refractivity contribution is -0.147. The van der Waals surface area contributed by atoms with Gasteiger partial charge in [-0.2, -0.15) is 0 Å². The van der Waals surface area contributed by atoms with Crippen LogP contribution in [0.4, 0.5) is 4.39 Å². The Kier molecular flexibility index (Phi) is 5.52. The molecule has 0 fully saturated rings. The van der Waals surface area contributed by atoms with Crippen molar-refractivity contribution in [1.82, 2.24) is 5.16 Å². The molecular weight excluding hydrogens is 401 g/mol. The van der Waals surface area contributed by atoms with Crippen molar-refractivity contribution in [3.63, 3.8) is 0 Å². The van der Waals surface area contributed by atoms with Gasteiger partial charge >= 0.3 is 5.97 Å². The molecule has 0 spiro atoms. The first-order valence-electron chi connectivity index (χ1n) is 8.10. The average Bonchev–Trinajstić information content (AvgIpc) is 2.96. The summed E-state index contributed by atoms with van der Waals surface area (Å²) in [6.07, 6.45) is -0.681. The molecule has 4 nitrogen and oxygen atoms in total. The number of carbonyl (C=O) groups is 1. The van der Waals surface area contributed by atoms with Gasteiger partial charge in [0.15, 0.2) is 5.76 Å². The Morgan fingerprint density at radius 1 is 1.23 bits per heavy atom. The van der Waals surface area contributed by atoms with Gasteiger partial charge in [-0.25, -0.2) is 4.39 Å². The van der Waals surface area contributed by atoms with Crippen LogP contribution in [0, 0.1) is 12.7 Å². The molecule has 1 aromatic heterocycles. The van der Waals surface area contributed by atoms with Gasteiger partial charge in [-0.05, 0) is 32.0 Å². The van der Waals surface area contributed by atoms with Crippen molar-refractivity contribution in [3.05, 3.63) is 75.6 Å². The summed E-state index contributed by atoms with van der Waals surface area (Å²) in [6.45, 7) is 3.42. The fourth-order valence-corrected chi connectivity index (χ4v) is 2.94. The molecule has 0 amide bonds. The number of benzene rings is 2. The van der Waals surface area contributed by atoms with Crippen LogP contribution in [-0.2, 0) is 16.0 Å². The molecule has 0 bridgehead atoms. The number of nitrogens with zero attached hydrogens (tertiary/aromatic N) is 1. The van der Waals surface area contributed by atoms with Gasteiger partial charge in [-0.3, -0.25) is 4.79 Å². The minimum Gasteiger partial charge on any atom is -0.457 e. The van der Waals surface area contributed by atoms with Crippen LogP contribution in [0.1, 0.15) is 29.8 Å². The summed E-state index contributed by atoms with van der Waals surface area (Å²) in [5.74, 6) is -0.333. The number of hydrogen-bond acceptors (Lipinski definition) is 4. The van der Waals surface area contributed by atoms with Gasteiger partial charge in [0.1, 0.15) is 11.9 Å². The molecule has 6 heteroatoms. The number of ether oxygens (including phenoxy) is 1. The minimum atomic E-state index is -0.681. The lowest BCUT2D eigenvalue weighted by atomic mass is 10.0. The molecule has 3 rings (SSSR count). The van der Waals surface area contributed by atoms with Crippen LogP contribution in [0.3, 0.4) is 0 Å². The van der Waals surface area contributed by atoms with Gasteiger partial charge in [0.25, 0.3) is 0 Å². The maximum absolute atomic E-state index is 13.8. The largest absolute Gasteiger partial charge is 0.457 e. The Morgan fingerprint density at radius 2 is 1.92 bits per heavy atom. The maximum atomic E-state index is 13.8. The number of hydrogen-bond donors (Lipinski definition) is 0. The molecular formula is C20H17BrFNO3. The zero-order chi connectivity index (χ0) is 18.7. The molecule has 26 heavy (non-hydrogen) atoms. The Morgan fingerprint density at radius 3 is 2.62 bits per heavy atom. The van der Waals surface area contributed by atoms with Crippen molar-refractivity contribution in [3.8, 4) is 11.3 Å². The van der Waals surface area contributed by atoms with Gasteiger partial charge in [-0.1, -0.05) is 51.4 Å². The molecule has 0 aliphatic heterocycles. The van der Waals surface area contributed by atoms with Gasteiger partial charge in [-0.15, -0.1) is 0 Å². The minimum absolute atomic E-state index is 0.000473. The molecule has 0 saturated heterocycles. The van der Waals surface area contributed by atoms with E-state index in [2.05, 4.69) is 21.1 Å². The molecule has 1 unspecified atom stereocenters. The van der Waals surface area contributed by atoms with E-state index in [1.54, 1.807) is 32.0 Å². The molecule has 0 saturated carbocycles. The molecule has 0 aliphatic carbocycles. The lowest BCUT2D eigenvalue weighted by Gasteiger charge is -2.14. The van der Waals surface area contributed by atoms with E-state index < -0.39 is 17.9 Å². The van der Waals surface area contributed by atoms with Crippen molar-refractivity contribution in [2.75, 3.05) is 0 Å². The van der Waals surface area contributed by atoms with E-state index in [9.17, 15) is 9.18 Å². The quantitative estimate of drug-likeness (QED) is 0.521. The second-order valence-corrected chi connectivity index (χ2v) is 6.83. The summed E-state index contributed by atoms with van der Waals surface area (Å²) in [5.41, 5.74) is 2.45. The second-order valence-electron chi connectivity index (χ2n) is 5.91. The molecule has 1 heterocycles. The van der Waals surface area contributed by atoms with Crippen LogP contribution >= 0.6 is 15.9 Å². The molecule has 1 atom stereocenters. The van der Waals surface area contributed by atoms with E-state index in [4.69, 9.17) is 9.26 Å². The molecule has 2 aromatic carbocycles. The zero-order valence-electron chi connectivity index (χ0n) is 14.3. The fourth-order valence-electron chi connectivity index (χ4n) is 2.68. The zero-order valence-corrected chi connectivity index (χ0v) is 15.9. The SMILES string of the molecule is Cc1noc(-c2ccc(Br)cc2)c1CC(=O)OC(C)c1ccccc1F. The maximum Gasteiger partial charge on any atom is 0.311 e. The van der Waals surface area contributed by atoms with Crippen molar-refractivity contribution < 1.29 is 18.4 Å². The normalized spacial score (nSPS) is 12.0. The summed E-state index contributed by atoms with van der Waals surface area (Å²) in [4.78, 5) is 12.4. The Hall–Kier alpha value is -2.47. The summed E-state index contributed by atoms with van der Waals surface area (Å²) < 4.78 is 25.6. The molecule has 0 aliphatic rings. The molecule has 3 aromatic rings. The van der Waals surface area contributed by atoms with Gasteiger partial charge < -0.3 is 9.26 Å². The second kappa shape index (κ2) is 7.83. The number of esters is 1. The first-order chi connectivity index (χ1) is 12.5. The summed E-state index contributed by atoms with van der Waals surface area (Å²) in [5, 5.41) is 3.97. The number of halogens is 2. The third-order valence-corrected chi connectivity index (χ3v) is 4.59. The summed E-state index contributed by atoms with van der Waals surface area (Å²) >= 11 is 3.39. The predicted octanol–water partition coefficient (Wildman–Crippen LogP) is 5.40. The van der Waals surface area contributed by atoms with Crippen LogP contribution < -0.4 is 0 Å². The third kappa shape index (κ3) is 4.02. The van der Waals surface area contributed by atoms with Crippen LogP contribution in [0.5, 0.6) is 0 Å². The van der Waals surface area contributed by atoms with Crippen molar-refractivity contribution >= 4 is 21.9 Å². The third-order valence-electron chi connectivity index (χ3n) is 4.06. The number of carbonyl (C=O) groups excluding carboxylic acids is 1. The Labute approximate surface area is 159 Å². The highest BCUT2D eigenvalue weighted by molar-refractivity contribution is 9.10. The predicted molar refractivity (Wildman–Crippen MR) is 99.0 cm³/mol. The number of aryl methyl sites for hydroxylation is 1. The summed E-state index contributed by atoms with van der Waals surface area (Å²) in [7, 11) is 0. The van der Waals surface area contributed by atoms with E-state index in [0.29, 0.717) is 22.6 Å². The number of rotatable bonds is 5. The lowest BCUT2D eigenvalue weighted by Crippen LogP contribution is -2.13. The van der Waals surface area contributed by atoms with Gasteiger partial charge in [0.2, 0.25) is 0 Å². The highest BCUT2D eigenvalue weighted by Gasteiger charge is 2.21. The highest BCUT2D eigenvalue weighted by Crippen LogP contribution is 2.29. The van der Waals surface area contributed by atoms with Crippen molar-refractivity contribution in [2.24, 2.45) is 0 Å². The molecule has 134 valence electrons. The van der Waals surface area contributed by atoms with Crippen molar-refractivity contribution in [2.45, 2.75) is 26.4 Å².